The van der Waals surface area contributed by atoms with Gasteiger partial charge in [0.2, 0.25) is 11.8 Å². The number of halogens is 1. The van der Waals surface area contributed by atoms with Crippen LogP contribution in [0.3, 0.4) is 0 Å². The van der Waals surface area contributed by atoms with Crippen molar-refractivity contribution >= 4 is 29.8 Å². The van der Waals surface area contributed by atoms with Crippen LogP contribution in [0.2, 0.25) is 0 Å². The molecule has 0 aliphatic carbocycles. The van der Waals surface area contributed by atoms with E-state index in [0.29, 0.717) is 5.56 Å². The summed E-state index contributed by atoms with van der Waals surface area (Å²) < 4.78 is 30.9. The Morgan fingerprint density at radius 2 is 1.76 bits per heavy atom. The molecule has 10 heteroatoms. The fourth-order valence-corrected chi connectivity index (χ4v) is 4.69. The van der Waals surface area contributed by atoms with Gasteiger partial charge < -0.3 is 24.8 Å². The van der Waals surface area contributed by atoms with Crippen molar-refractivity contribution in [1.82, 2.24) is 10.6 Å². The predicted molar refractivity (Wildman–Crippen MR) is 168 cm³/mol. The van der Waals surface area contributed by atoms with Crippen molar-refractivity contribution in [3.05, 3.63) is 83.7 Å². The van der Waals surface area contributed by atoms with Crippen LogP contribution >= 0.6 is 0 Å². The third-order valence-corrected chi connectivity index (χ3v) is 7.36. The number of carbonyl (C=O) groups is 4. The second-order valence-corrected chi connectivity index (χ2v) is 11.7. The maximum atomic E-state index is 14.4. The summed E-state index contributed by atoms with van der Waals surface area (Å²) in [6.07, 6.45) is 5.29. The van der Waals surface area contributed by atoms with Gasteiger partial charge >= 0.3 is 11.9 Å². The molecule has 0 fully saturated rings. The van der Waals surface area contributed by atoms with E-state index in [1.165, 1.54) is 25.3 Å². The lowest BCUT2D eigenvalue weighted by Gasteiger charge is -2.26. The molecule has 1 aliphatic heterocycles. The molecular formula is C35H43FN2O7. The average molecular weight is 623 g/mol. The van der Waals surface area contributed by atoms with Crippen molar-refractivity contribution in [3.63, 3.8) is 0 Å². The maximum absolute atomic E-state index is 14.4. The Balaban J connectivity index is 1.89. The summed E-state index contributed by atoms with van der Waals surface area (Å²) in [4.78, 5) is 52.5. The van der Waals surface area contributed by atoms with E-state index in [9.17, 15) is 23.6 Å². The number of cyclic esters (lactones) is 2. The van der Waals surface area contributed by atoms with E-state index >= 15 is 0 Å². The molecule has 9 nitrogen and oxygen atoms in total. The van der Waals surface area contributed by atoms with Crippen LogP contribution in [-0.4, -0.2) is 55.7 Å². The minimum absolute atomic E-state index is 0.0107. The molecule has 0 unspecified atom stereocenters. The summed E-state index contributed by atoms with van der Waals surface area (Å²) in [5, 5.41) is 5.34. The number of hydrogen-bond donors (Lipinski definition) is 2. The van der Waals surface area contributed by atoms with E-state index < -0.39 is 53.7 Å². The fourth-order valence-electron chi connectivity index (χ4n) is 4.69. The highest BCUT2D eigenvalue weighted by Gasteiger charge is 2.31. The van der Waals surface area contributed by atoms with Crippen LogP contribution in [0.5, 0.6) is 5.75 Å². The largest absolute Gasteiger partial charge is 0.494 e. The van der Waals surface area contributed by atoms with Gasteiger partial charge in [-0.1, -0.05) is 82.3 Å². The summed E-state index contributed by atoms with van der Waals surface area (Å²) in [5.74, 6) is -4.05. The summed E-state index contributed by atoms with van der Waals surface area (Å²) >= 11 is 0. The molecule has 0 saturated carbocycles. The van der Waals surface area contributed by atoms with E-state index in [4.69, 9.17) is 14.2 Å². The van der Waals surface area contributed by atoms with Gasteiger partial charge in [-0.15, -0.1) is 0 Å². The second-order valence-electron chi connectivity index (χ2n) is 11.7. The van der Waals surface area contributed by atoms with E-state index in [1.807, 2.05) is 63.3 Å². The van der Waals surface area contributed by atoms with Gasteiger partial charge in [0.05, 0.1) is 13.0 Å². The normalized spacial score (nSPS) is 23.5. The number of esters is 2. The molecule has 2 N–H and O–H groups in total. The van der Waals surface area contributed by atoms with Crippen molar-refractivity contribution in [2.24, 2.45) is 17.8 Å². The van der Waals surface area contributed by atoms with Crippen molar-refractivity contribution in [2.75, 3.05) is 13.7 Å². The van der Waals surface area contributed by atoms with Crippen LogP contribution in [0.15, 0.2) is 66.8 Å². The molecule has 0 radical (unpaired) electrons. The lowest BCUT2D eigenvalue weighted by molar-refractivity contribution is -0.175. The molecule has 2 amide bonds. The Labute approximate surface area is 264 Å². The van der Waals surface area contributed by atoms with Gasteiger partial charge in [0.1, 0.15) is 12.1 Å². The topological polar surface area (TPSA) is 120 Å². The Morgan fingerprint density at radius 3 is 2.42 bits per heavy atom. The zero-order valence-electron chi connectivity index (χ0n) is 26.5. The molecule has 45 heavy (non-hydrogen) atoms. The number of carbonyl (C=O) groups excluding carboxylic acids is 4. The molecule has 2 aromatic rings. The number of ether oxygens (including phenoxy) is 3. The Hall–Kier alpha value is -4.47. The molecule has 3 rings (SSSR count). The predicted octanol–water partition coefficient (Wildman–Crippen LogP) is 4.79. The Kier molecular flexibility index (Phi) is 13.3. The molecule has 1 heterocycles. The van der Waals surface area contributed by atoms with E-state index in [0.717, 1.165) is 5.56 Å². The molecular weight excluding hydrogens is 579 g/mol. The summed E-state index contributed by atoms with van der Waals surface area (Å²) in [6, 6.07) is 12.9. The number of benzene rings is 2. The van der Waals surface area contributed by atoms with Crippen LogP contribution in [0, 0.1) is 23.6 Å². The van der Waals surface area contributed by atoms with Gasteiger partial charge in [-0.05, 0) is 41.7 Å². The second kappa shape index (κ2) is 17.1. The molecule has 5 atom stereocenters. The molecule has 1 aliphatic rings. The minimum Gasteiger partial charge on any atom is -0.494 e. The fraction of sp³-hybridized carbons (Fsp3) is 0.429. The highest BCUT2D eigenvalue weighted by molar-refractivity contribution is 5.93. The summed E-state index contributed by atoms with van der Waals surface area (Å²) in [5.41, 5.74) is 1.43. The van der Waals surface area contributed by atoms with E-state index in [-0.39, 0.29) is 43.4 Å². The minimum atomic E-state index is -1.14. The SMILES string of the molecule is COc1ccc(C[C@H]2NC(=O)/C=C/C[C@@H]([C@H](C)/C=C/c3ccccc3)OC(=O)[C@H](CC(C)C)OC(=O)[C@H](C)CNC2=O)cc1F. The Morgan fingerprint density at radius 1 is 1.02 bits per heavy atom. The zero-order valence-corrected chi connectivity index (χ0v) is 26.5. The van der Waals surface area contributed by atoms with Crippen LogP contribution in [0.1, 0.15) is 51.7 Å². The molecule has 2 aromatic carbocycles. The lowest BCUT2D eigenvalue weighted by atomic mass is 9.99. The highest BCUT2D eigenvalue weighted by Crippen LogP contribution is 2.21. The van der Waals surface area contributed by atoms with E-state index in [1.54, 1.807) is 19.1 Å². The van der Waals surface area contributed by atoms with Crippen LogP contribution in [-0.2, 0) is 35.1 Å². The summed E-state index contributed by atoms with van der Waals surface area (Å²) in [7, 11) is 1.35. The molecule has 0 spiro atoms. The zero-order chi connectivity index (χ0) is 32.9. The van der Waals surface area contributed by atoms with Crippen molar-refractivity contribution in [3.8, 4) is 5.75 Å². The van der Waals surface area contributed by atoms with Gasteiger partial charge in [0.25, 0.3) is 0 Å². The average Bonchev–Trinajstić information content (AvgIpc) is 3.01. The standard InChI is InChI=1S/C35H43FN2O7/c1-22(2)18-31-35(42)44-29(23(3)14-15-25-10-7-6-8-11-25)12-9-13-32(39)38-28(33(40)37-21-24(4)34(41)45-31)20-26-16-17-30(43-5)27(36)19-26/h6-11,13-17,19,22-24,28-29,31H,12,18,20-21H2,1-5H3,(H,37,40)(H,38,39)/b13-9+,15-14+/t23-,24-,28-,29+,31+/m1/s1. The smallest absolute Gasteiger partial charge is 0.347 e. The van der Waals surface area contributed by atoms with Gasteiger partial charge in [-0.3, -0.25) is 14.4 Å². The van der Waals surface area contributed by atoms with Gasteiger partial charge in [-0.2, -0.15) is 0 Å². The first-order valence-corrected chi connectivity index (χ1v) is 15.2. The monoisotopic (exact) mass is 622 g/mol. The first-order valence-electron chi connectivity index (χ1n) is 15.2. The van der Waals surface area contributed by atoms with E-state index in [2.05, 4.69) is 10.6 Å². The highest BCUT2D eigenvalue weighted by atomic mass is 19.1. The quantitative estimate of drug-likeness (QED) is 0.406. The maximum Gasteiger partial charge on any atom is 0.347 e. The molecule has 0 bridgehead atoms. The number of nitrogens with one attached hydrogen (secondary N) is 2. The van der Waals surface area contributed by atoms with Crippen molar-refractivity contribution < 1.29 is 37.8 Å². The van der Waals surface area contributed by atoms with Gasteiger partial charge in [0, 0.05) is 25.3 Å². The first kappa shape index (κ1) is 35.0. The van der Waals surface area contributed by atoms with Crippen molar-refractivity contribution in [2.45, 2.75) is 65.2 Å². The Bertz CT molecular complexity index is 1380. The van der Waals surface area contributed by atoms with Crippen molar-refractivity contribution in [1.29, 1.82) is 0 Å². The molecule has 242 valence electrons. The number of methoxy groups -OCH3 is 1. The van der Waals surface area contributed by atoms with Crippen LogP contribution in [0.4, 0.5) is 4.39 Å². The summed E-state index contributed by atoms with van der Waals surface area (Å²) in [6.45, 7) is 7.16. The van der Waals surface area contributed by atoms with Gasteiger partial charge in [0.15, 0.2) is 17.7 Å². The molecule has 0 saturated heterocycles. The molecule has 0 aromatic heterocycles. The van der Waals surface area contributed by atoms with Gasteiger partial charge in [-0.25, -0.2) is 9.18 Å². The lowest BCUT2D eigenvalue weighted by Crippen LogP contribution is -2.49. The third kappa shape index (κ3) is 11.2. The van der Waals surface area contributed by atoms with Crippen LogP contribution < -0.4 is 15.4 Å². The number of amides is 2. The number of hydrogen-bond acceptors (Lipinski definition) is 7. The van der Waals surface area contributed by atoms with Crippen LogP contribution in [0.25, 0.3) is 6.08 Å². The third-order valence-electron chi connectivity index (χ3n) is 7.36. The first-order chi connectivity index (χ1) is 21.5. The number of rotatable bonds is 8.